The molecule has 0 aliphatic carbocycles. The molecule has 1 fully saturated rings. The summed E-state index contributed by atoms with van der Waals surface area (Å²) < 4.78 is 29.7. The Morgan fingerprint density at radius 3 is 2.59 bits per heavy atom. The molecule has 2 heterocycles. The Kier molecular flexibility index (Phi) is 6.02. The van der Waals surface area contributed by atoms with Crippen molar-refractivity contribution in [1.29, 1.82) is 0 Å². The number of rotatable bonds is 6. The third kappa shape index (κ3) is 4.47. The highest BCUT2D eigenvalue weighted by Crippen LogP contribution is 2.19. The average molecular weight is 421 g/mol. The van der Waals surface area contributed by atoms with E-state index in [2.05, 4.69) is 5.10 Å². The summed E-state index contributed by atoms with van der Waals surface area (Å²) in [6.45, 7) is 1.75. The monoisotopic (exact) mass is 421 g/mol. The van der Waals surface area contributed by atoms with Crippen molar-refractivity contribution in [1.82, 2.24) is 14.7 Å². The highest BCUT2D eigenvalue weighted by atomic mass is 32.2. The second kappa shape index (κ2) is 8.32. The zero-order chi connectivity index (χ0) is 21.2. The molecule has 156 valence electrons. The van der Waals surface area contributed by atoms with Crippen molar-refractivity contribution < 1.29 is 22.7 Å². The van der Waals surface area contributed by atoms with E-state index in [9.17, 15) is 22.8 Å². The lowest BCUT2D eigenvalue weighted by atomic mass is 10.1. The Morgan fingerprint density at radius 2 is 1.97 bits per heavy atom. The molecule has 10 heteroatoms. The molecule has 1 aliphatic heterocycles. The number of amides is 1. The number of aromatic nitrogens is 2. The van der Waals surface area contributed by atoms with Gasteiger partial charge in [-0.1, -0.05) is 25.1 Å². The molecule has 0 saturated carbocycles. The van der Waals surface area contributed by atoms with Crippen LogP contribution in [0.15, 0.2) is 29.1 Å². The van der Waals surface area contributed by atoms with Crippen molar-refractivity contribution in [2.45, 2.75) is 25.8 Å². The fourth-order valence-corrected chi connectivity index (χ4v) is 5.23. The number of fused-ring (bicyclic) bond motifs is 1. The van der Waals surface area contributed by atoms with Crippen LogP contribution in [0.3, 0.4) is 0 Å². The number of aryl methyl sites for hydroxylation is 1. The highest BCUT2D eigenvalue weighted by Gasteiger charge is 2.34. The van der Waals surface area contributed by atoms with Gasteiger partial charge in [0.1, 0.15) is 0 Å². The lowest BCUT2D eigenvalue weighted by Gasteiger charge is -2.27. The largest absolute Gasteiger partial charge is 0.451 e. The van der Waals surface area contributed by atoms with Crippen LogP contribution in [0, 0.1) is 0 Å². The van der Waals surface area contributed by atoms with Gasteiger partial charge in [0, 0.05) is 25.0 Å². The van der Waals surface area contributed by atoms with Gasteiger partial charge >= 0.3 is 5.97 Å². The van der Waals surface area contributed by atoms with Crippen LogP contribution in [0.4, 0.5) is 0 Å². The van der Waals surface area contributed by atoms with E-state index in [-0.39, 0.29) is 22.8 Å². The molecule has 29 heavy (non-hydrogen) atoms. The molecule has 0 bridgehead atoms. The van der Waals surface area contributed by atoms with Gasteiger partial charge in [-0.2, -0.15) is 5.10 Å². The van der Waals surface area contributed by atoms with Gasteiger partial charge in [0.05, 0.1) is 16.9 Å². The fourth-order valence-electron chi connectivity index (χ4n) is 3.50. The van der Waals surface area contributed by atoms with Crippen LogP contribution >= 0.6 is 0 Å². The van der Waals surface area contributed by atoms with Crippen molar-refractivity contribution in [3.05, 3.63) is 40.3 Å². The molecule has 1 aromatic heterocycles. The first-order valence-electron chi connectivity index (χ1n) is 9.36. The fraction of sp³-hybridized carbons (Fsp3) is 0.474. The van der Waals surface area contributed by atoms with Crippen molar-refractivity contribution in [3.63, 3.8) is 0 Å². The number of carbonyl (C=O) groups excluding carboxylic acids is 2. The van der Waals surface area contributed by atoms with E-state index >= 15 is 0 Å². The SMILES string of the molecule is CCCN(C(=O)COC(=O)c1nn(C)c(=O)c2ccccc12)[C@@H]1CCS(=O)(=O)C1. The van der Waals surface area contributed by atoms with E-state index in [1.165, 1.54) is 11.9 Å². The number of hydrogen-bond acceptors (Lipinski definition) is 7. The summed E-state index contributed by atoms with van der Waals surface area (Å²) in [6.07, 6.45) is 1.04. The number of esters is 1. The van der Waals surface area contributed by atoms with Crippen molar-refractivity contribution in [2.75, 3.05) is 24.7 Å². The molecular weight excluding hydrogens is 398 g/mol. The van der Waals surface area contributed by atoms with Gasteiger partial charge < -0.3 is 9.64 Å². The Balaban J connectivity index is 1.76. The van der Waals surface area contributed by atoms with Gasteiger partial charge in [0.25, 0.3) is 11.5 Å². The molecule has 1 aliphatic rings. The van der Waals surface area contributed by atoms with Gasteiger partial charge in [-0.25, -0.2) is 17.9 Å². The molecular formula is C19H23N3O6S. The highest BCUT2D eigenvalue weighted by molar-refractivity contribution is 7.91. The number of ether oxygens (including phenoxy) is 1. The Labute approximate surface area is 168 Å². The molecule has 0 N–H and O–H groups in total. The maximum atomic E-state index is 12.6. The minimum atomic E-state index is -3.14. The molecule has 9 nitrogen and oxygen atoms in total. The predicted molar refractivity (Wildman–Crippen MR) is 106 cm³/mol. The van der Waals surface area contributed by atoms with Gasteiger partial charge in [0.15, 0.2) is 22.1 Å². The van der Waals surface area contributed by atoms with Crippen LogP contribution in [-0.2, 0) is 26.4 Å². The summed E-state index contributed by atoms with van der Waals surface area (Å²) in [5, 5.41) is 4.66. The normalized spacial score (nSPS) is 17.9. The van der Waals surface area contributed by atoms with Crippen LogP contribution in [0.2, 0.25) is 0 Å². The van der Waals surface area contributed by atoms with E-state index in [0.29, 0.717) is 30.2 Å². The minimum absolute atomic E-state index is 0.0545. The molecule has 0 spiro atoms. The molecule has 2 aromatic rings. The lowest BCUT2D eigenvalue weighted by molar-refractivity contribution is -0.136. The molecule has 1 amide bonds. The summed E-state index contributed by atoms with van der Waals surface area (Å²) in [6, 6.07) is 6.14. The maximum absolute atomic E-state index is 12.6. The second-order valence-corrected chi connectivity index (χ2v) is 9.27. The first-order valence-corrected chi connectivity index (χ1v) is 11.2. The molecule has 0 radical (unpaired) electrons. The topological polar surface area (TPSA) is 116 Å². The van der Waals surface area contributed by atoms with Gasteiger partial charge in [0.2, 0.25) is 0 Å². The molecule has 0 unspecified atom stereocenters. The predicted octanol–water partition coefficient (Wildman–Crippen LogP) is 0.516. The zero-order valence-electron chi connectivity index (χ0n) is 16.3. The van der Waals surface area contributed by atoms with E-state index in [0.717, 1.165) is 4.68 Å². The summed E-state index contributed by atoms with van der Waals surface area (Å²) in [5.41, 5.74) is -0.397. The van der Waals surface area contributed by atoms with Crippen LogP contribution in [0.5, 0.6) is 0 Å². The van der Waals surface area contributed by atoms with Gasteiger partial charge in [-0.05, 0) is 18.9 Å². The average Bonchev–Trinajstić information content (AvgIpc) is 3.06. The van der Waals surface area contributed by atoms with Crippen LogP contribution in [-0.4, -0.2) is 65.7 Å². The molecule has 1 aromatic carbocycles. The summed E-state index contributed by atoms with van der Waals surface area (Å²) >= 11 is 0. The zero-order valence-corrected chi connectivity index (χ0v) is 17.1. The second-order valence-electron chi connectivity index (χ2n) is 7.04. The maximum Gasteiger partial charge on any atom is 0.359 e. The van der Waals surface area contributed by atoms with Crippen LogP contribution in [0.25, 0.3) is 10.8 Å². The van der Waals surface area contributed by atoms with Crippen LogP contribution < -0.4 is 5.56 Å². The number of sulfone groups is 1. The van der Waals surface area contributed by atoms with Crippen molar-refractivity contribution >= 4 is 32.5 Å². The van der Waals surface area contributed by atoms with Crippen molar-refractivity contribution in [2.24, 2.45) is 7.05 Å². The Morgan fingerprint density at radius 1 is 1.28 bits per heavy atom. The Hall–Kier alpha value is -2.75. The van der Waals surface area contributed by atoms with Crippen molar-refractivity contribution in [3.8, 4) is 0 Å². The first-order chi connectivity index (χ1) is 13.7. The summed E-state index contributed by atoms with van der Waals surface area (Å²) in [5.74, 6) is -1.28. The van der Waals surface area contributed by atoms with E-state index in [4.69, 9.17) is 4.74 Å². The lowest BCUT2D eigenvalue weighted by Crippen LogP contribution is -2.43. The Bertz CT molecular complexity index is 1110. The van der Waals surface area contributed by atoms with E-state index in [1.807, 2.05) is 6.92 Å². The summed E-state index contributed by atoms with van der Waals surface area (Å²) in [4.78, 5) is 38.8. The van der Waals surface area contributed by atoms with E-state index in [1.54, 1.807) is 24.3 Å². The smallest absolute Gasteiger partial charge is 0.359 e. The van der Waals surface area contributed by atoms with Crippen LogP contribution in [0.1, 0.15) is 30.3 Å². The minimum Gasteiger partial charge on any atom is -0.451 e. The van der Waals surface area contributed by atoms with Gasteiger partial charge in [-0.15, -0.1) is 0 Å². The molecule has 1 saturated heterocycles. The standard InChI is InChI=1S/C19H23N3O6S/c1-3-9-22(13-8-10-29(26,27)12-13)16(23)11-28-19(25)17-14-6-4-5-7-15(14)18(24)21(2)20-17/h4-7,13H,3,8-12H2,1-2H3/t13-/m1/s1. The molecule has 1 atom stereocenters. The van der Waals surface area contributed by atoms with E-state index < -0.39 is 34.4 Å². The first kappa shape index (κ1) is 21.0. The summed E-state index contributed by atoms with van der Waals surface area (Å²) in [7, 11) is -1.71. The van der Waals surface area contributed by atoms with Gasteiger partial charge in [-0.3, -0.25) is 9.59 Å². The molecule has 3 rings (SSSR count). The number of carbonyl (C=O) groups is 2. The third-order valence-corrected chi connectivity index (χ3v) is 6.66. The third-order valence-electron chi connectivity index (χ3n) is 4.91. The number of hydrogen-bond donors (Lipinski definition) is 0. The number of nitrogens with zero attached hydrogens (tertiary/aromatic N) is 3. The quantitative estimate of drug-likeness (QED) is 0.624. The number of benzene rings is 1.